The summed E-state index contributed by atoms with van der Waals surface area (Å²) >= 11 is 7.02. The van der Waals surface area contributed by atoms with E-state index in [4.69, 9.17) is 11.6 Å². The number of hydrogen-bond donors (Lipinski definition) is 2. The van der Waals surface area contributed by atoms with E-state index in [-0.39, 0.29) is 40.9 Å². The molecule has 1 saturated heterocycles. The monoisotopic (exact) mass is 495 g/mol. The summed E-state index contributed by atoms with van der Waals surface area (Å²) in [6.07, 6.45) is 0.450. The van der Waals surface area contributed by atoms with Gasteiger partial charge in [-0.2, -0.15) is 4.72 Å². The van der Waals surface area contributed by atoms with Gasteiger partial charge in [-0.15, -0.1) is 11.3 Å². The van der Waals surface area contributed by atoms with Crippen LogP contribution in [0.4, 0.5) is 15.8 Å². The Morgan fingerprint density at radius 2 is 2.03 bits per heavy atom. The Labute approximate surface area is 193 Å². The van der Waals surface area contributed by atoms with Gasteiger partial charge in [0, 0.05) is 28.4 Å². The Balaban J connectivity index is 1.51. The molecule has 0 saturated carbocycles. The van der Waals surface area contributed by atoms with Crippen molar-refractivity contribution < 1.29 is 22.4 Å². The number of carbonyl (C=O) groups is 2. The molecular formula is C21H19ClFN3O4S2. The molecule has 11 heteroatoms. The highest BCUT2D eigenvalue weighted by Gasteiger charge is 2.37. The number of amides is 2. The minimum Gasteiger partial charge on any atom is -0.326 e. The topological polar surface area (TPSA) is 95.6 Å². The predicted molar refractivity (Wildman–Crippen MR) is 123 cm³/mol. The zero-order valence-electron chi connectivity index (χ0n) is 16.9. The van der Waals surface area contributed by atoms with Gasteiger partial charge in [0.25, 0.3) is 10.0 Å². The smallest absolute Gasteiger partial charge is 0.250 e. The average Bonchev–Trinajstić information content (AvgIpc) is 3.32. The minimum atomic E-state index is -3.95. The number of rotatable bonds is 6. The van der Waals surface area contributed by atoms with Gasteiger partial charge in [0.2, 0.25) is 11.8 Å². The van der Waals surface area contributed by atoms with E-state index in [1.165, 1.54) is 23.1 Å². The number of sulfonamides is 1. The lowest BCUT2D eigenvalue weighted by atomic mass is 10.2. The van der Waals surface area contributed by atoms with Crippen molar-refractivity contribution in [1.82, 2.24) is 4.72 Å². The number of halogens is 2. The molecule has 1 aliphatic rings. The number of carbonyl (C=O) groups excluding carboxylic acids is 2. The molecule has 0 radical (unpaired) electrons. The zero-order chi connectivity index (χ0) is 23.0. The van der Waals surface area contributed by atoms with E-state index in [0.29, 0.717) is 5.02 Å². The lowest BCUT2D eigenvalue weighted by molar-refractivity contribution is -0.118. The van der Waals surface area contributed by atoms with Gasteiger partial charge in [0.05, 0.1) is 5.69 Å². The second-order valence-electron chi connectivity index (χ2n) is 7.27. The van der Waals surface area contributed by atoms with Crippen LogP contribution in [0.1, 0.15) is 19.8 Å². The van der Waals surface area contributed by atoms with Crippen LogP contribution in [0.15, 0.2) is 46.7 Å². The highest BCUT2D eigenvalue weighted by molar-refractivity contribution is 7.91. The first-order valence-corrected chi connectivity index (χ1v) is 12.5. The van der Waals surface area contributed by atoms with E-state index >= 15 is 0 Å². The van der Waals surface area contributed by atoms with E-state index in [0.717, 1.165) is 27.5 Å². The fourth-order valence-electron chi connectivity index (χ4n) is 3.44. The first-order valence-electron chi connectivity index (χ1n) is 9.80. The Bertz CT molecular complexity index is 1330. The van der Waals surface area contributed by atoms with Crippen molar-refractivity contribution in [2.75, 3.05) is 16.8 Å². The molecule has 1 aromatic heterocycles. The van der Waals surface area contributed by atoms with Crippen molar-refractivity contribution in [2.24, 2.45) is 0 Å². The van der Waals surface area contributed by atoms with Crippen LogP contribution in [0, 0.1) is 5.82 Å². The maximum Gasteiger partial charge on any atom is 0.250 e. The van der Waals surface area contributed by atoms with Crippen LogP contribution in [-0.2, 0) is 19.6 Å². The molecule has 1 atom stereocenters. The lowest BCUT2D eigenvalue weighted by Gasteiger charge is -2.18. The van der Waals surface area contributed by atoms with Crippen LogP contribution in [0.5, 0.6) is 0 Å². The van der Waals surface area contributed by atoms with Crippen LogP contribution in [0.25, 0.3) is 10.1 Å². The van der Waals surface area contributed by atoms with E-state index in [1.54, 1.807) is 25.1 Å². The van der Waals surface area contributed by atoms with Gasteiger partial charge >= 0.3 is 0 Å². The number of thiophene rings is 1. The van der Waals surface area contributed by atoms with Crippen molar-refractivity contribution in [3.63, 3.8) is 0 Å². The molecule has 0 aliphatic carbocycles. The number of anilines is 2. The van der Waals surface area contributed by atoms with Crippen molar-refractivity contribution in [3.8, 4) is 0 Å². The standard InChI is InChI=1S/C21H19ClFN3O4S2/c1-2-19(27)24-14-5-6-17(15(23)11-14)26-8-7-16(21(26)28)25-32(29,30)20-9-12-3-4-13(22)10-18(12)31-20/h3-6,9-11,16,25H,2,7-8H2,1H3,(H,24,27)/t16-/m0/s1. The highest BCUT2D eigenvalue weighted by atomic mass is 35.5. The van der Waals surface area contributed by atoms with Crippen LogP contribution in [0.3, 0.4) is 0 Å². The van der Waals surface area contributed by atoms with Gasteiger partial charge in [0.15, 0.2) is 0 Å². The molecule has 168 valence electrons. The molecule has 0 bridgehead atoms. The molecule has 3 aromatic rings. The van der Waals surface area contributed by atoms with Crippen molar-refractivity contribution >= 4 is 66.2 Å². The lowest BCUT2D eigenvalue weighted by Crippen LogP contribution is -2.41. The molecule has 32 heavy (non-hydrogen) atoms. The molecule has 2 N–H and O–H groups in total. The third-order valence-electron chi connectivity index (χ3n) is 5.07. The summed E-state index contributed by atoms with van der Waals surface area (Å²) in [6.45, 7) is 1.84. The van der Waals surface area contributed by atoms with E-state index in [2.05, 4.69) is 10.0 Å². The van der Waals surface area contributed by atoms with E-state index in [1.807, 2.05) is 0 Å². The third kappa shape index (κ3) is 4.49. The van der Waals surface area contributed by atoms with Crippen LogP contribution in [0.2, 0.25) is 5.02 Å². The zero-order valence-corrected chi connectivity index (χ0v) is 19.3. The molecule has 2 heterocycles. The van der Waals surface area contributed by atoms with Crippen molar-refractivity contribution in [1.29, 1.82) is 0 Å². The molecule has 2 aromatic carbocycles. The molecular weight excluding hydrogens is 477 g/mol. The summed E-state index contributed by atoms with van der Waals surface area (Å²) in [5.74, 6) is -1.48. The van der Waals surface area contributed by atoms with Gasteiger partial charge in [0.1, 0.15) is 16.1 Å². The number of benzene rings is 2. The number of fused-ring (bicyclic) bond motifs is 1. The summed E-state index contributed by atoms with van der Waals surface area (Å²) in [5.41, 5.74) is 0.314. The predicted octanol–water partition coefficient (Wildman–Crippen LogP) is 4.13. The number of nitrogens with one attached hydrogen (secondary N) is 2. The van der Waals surface area contributed by atoms with Gasteiger partial charge in [-0.25, -0.2) is 12.8 Å². The van der Waals surface area contributed by atoms with E-state index < -0.39 is 27.8 Å². The van der Waals surface area contributed by atoms with Gasteiger partial charge < -0.3 is 10.2 Å². The second kappa shape index (κ2) is 8.78. The molecule has 0 spiro atoms. The van der Waals surface area contributed by atoms with E-state index in [9.17, 15) is 22.4 Å². The summed E-state index contributed by atoms with van der Waals surface area (Å²) in [5, 5.41) is 3.79. The summed E-state index contributed by atoms with van der Waals surface area (Å²) in [7, 11) is -3.95. The maximum absolute atomic E-state index is 14.6. The minimum absolute atomic E-state index is 0.0303. The molecule has 1 fully saturated rings. The van der Waals surface area contributed by atoms with Crippen LogP contribution in [-0.4, -0.2) is 32.8 Å². The maximum atomic E-state index is 14.6. The van der Waals surface area contributed by atoms with Crippen molar-refractivity contribution in [3.05, 3.63) is 53.3 Å². The number of nitrogens with zero attached hydrogens (tertiary/aromatic N) is 1. The van der Waals surface area contributed by atoms with Crippen LogP contribution < -0.4 is 14.9 Å². The van der Waals surface area contributed by atoms with Gasteiger partial charge in [-0.3, -0.25) is 9.59 Å². The largest absolute Gasteiger partial charge is 0.326 e. The molecule has 1 aliphatic heterocycles. The molecule has 7 nitrogen and oxygen atoms in total. The molecule has 4 rings (SSSR count). The fourth-order valence-corrected chi connectivity index (χ4v) is 6.35. The summed E-state index contributed by atoms with van der Waals surface area (Å²) < 4.78 is 43.6. The Hall–Kier alpha value is -2.53. The first kappa shape index (κ1) is 22.7. The Kier molecular flexibility index (Phi) is 6.22. The first-order chi connectivity index (χ1) is 15.2. The Morgan fingerprint density at radius 3 is 2.75 bits per heavy atom. The van der Waals surface area contributed by atoms with Crippen molar-refractivity contribution in [2.45, 2.75) is 30.0 Å². The second-order valence-corrected chi connectivity index (χ2v) is 10.7. The average molecular weight is 496 g/mol. The van der Waals surface area contributed by atoms with Gasteiger partial charge in [-0.1, -0.05) is 24.6 Å². The summed E-state index contributed by atoms with van der Waals surface area (Å²) in [4.78, 5) is 25.5. The highest BCUT2D eigenvalue weighted by Crippen LogP contribution is 2.32. The van der Waals surface area contributed by atoms with Gasteiger partial charge in [-0.05, 0) is 48.2 Å². The number of hydrogen-bond acceptors (Lipinski definition) is 5. The molecule has 2 amide bonds. The quantitative estimate of drug-likeness (QED) is 0.537. The molecule has 0 unspecified atom stereocenters. The SMILES string of the molecule is CCC(=O)Nc1ccc(N2CC[C@H](NS(=O)(=O)c3cc4ccc(Cl)cc4s3)C2=O)c(F)c1. The Morgan fingerprint density at radius 1 is 1.25 bits per heavy atom. The third-order valence-corrected chi connectivity index (χ3v) is 8.35. The fraction of sp³-hybridized carbons (Fsp3) is 0.238. The van der Waals surface area contributed by atoms with Crippen LogP contribution >= 0.6 is 22.9 Å². The normalized spacial score (nSPS) is 16.7. The summed E-state index contributed by atoms with van der Waals surface area (Å²) in [6, 6.07) is 9.63.